The second-order valence-electron chi connectivity index (χ2n) is 5.27. The summed E-state index contributed by atoms with van der Waals surface area (Å²) >= 11 is 0. The van der Waals surface area contributed by atoms with Crippen LogP contribution in [-0.2, 0) is 0 Å². The Morgan fingerprint density at radius 1 is 0.957 bits per heavy atom. The van der Waals surface area contributed by atoms with Gasteiger partial charge in [0.25, 0.3) is 5.91 Å². The molecule has 3 amide bonds. The van der Waals surface area contributed by atoms with E-state index < -0.39 is 0 Å². The lowest BCUT2D eigenvalue weighted by molar-refractivity contribution is 0.0940. The molecule has 0 aliphatic rings. The molecule has 1 atom stereocenters. The van der Waals surface area contributed by atoms with Gasteiger partial charge in [0.1, 0.15) is 0 Å². The van der Waals surface area contributed by atoms with Gasteiger partial charge in [-0.15, -0.1) is 0 Å². The largest absolute Gasteiger partial charge is 0.350 e. The Bertz CT molecular complexity index is 671. The molecule has 23 heavy (non-hydrogen) atoms. The van der Waals surface area contributed by atoms with Crippen molar-refractivity contribution < 1.29 is 9.59 Å². The zero-order valence-corrected chi connectivity index (χ0v) is 13.3. The van der Waals surface area contributed by atoms with E-state index in [0.717, 1.165) is 6.42 Å². The fourth-order valence-electron chi connectivity index (χ4n) is 2.00. The van der Waals surface area contributed by atoms with Crippen molar-refractivity contribution in [2.45, 2.75) is 26.3 Å². The van der Waals surface area contributed by atoms with Gasteiger partial charge < -0.3 is 16.0 Å². The van der Waals surface area contributed by atoms with Crippen LogP contribution in [0.1, 0.15) is 30.6 Å². The Balaban J connectivity index is 2.08. The molecule has 0 saturated heterocycles. The van der Waals surface area contributed by atoms with Gasteiger partial charge >= 0.3 is 6.03 Å². The number of carbonyl (C=O) groups excluding carboxylic acids is 2. The van der Waals surface area contributed by atoms with Gasteiger partial charge in [0.05, 0.1) is 11.3 Å². The molecule has 3 N–H and O–H groups in total. The van der Waals surface area contributed by atoms with Crippen molar-refractivity contribution in [3.05, 3.63) is 60.2 Å². The molecule has 0 heterocycles. The first kappa shape index (κ1) is 16.5. The number of benzene rings is 2. The van der Waals surface area contributed by atoms with Gasteiger partial charge in [-0.1, -0.05) is 37.3 Å². The Morgan fingerprint density at radius 2 is 1.61 bits per heavy atom. The van der Waals surface area contributed by atoms with Crippen LogP contribution in [-0.4, -0.2) is 18.0 Å². The molecule has 0 radical (unpaired) electrons. The highest BCUT2D eigenvalue weighted by Crippen LogP contribution is 2.16. The van der Waals surface area contributed by atoms with E-state index in [9.17, 15) is 9.59 Å². The van der Waals surface area contributed by atoms with E-state index in [1.807, 2.05) is 32.0 Å². The van der Waals surface area contributed by atoms with E-state index >= 15 is 0 Å². The first-order valence-corrected chi connectivity index (χ1v) is 7.63. The molecular weight excluding hydrogens is 290 g/mol. The van der Waals surface area contributed by atoms with Crippen LogP contribution >= 0.6 is 0 Å². The van der Waals surface area contributed by atoms with Crippen molar-refractivity contribution in [2.24, 2.45) is 0 Å². The standard InChI is InChI=1S/C18H21N3O2/c1-3-13(2)19-17(22)15-11-7-8-12-16(15)21-18(23)20-14-9-5-4-6-10-14/h4-13H,3H2,1-2H3,(H,19,22)(H2,20,21,23)/t13-/m0/s1. The minimum Gasteiger partial charge on any atom is -0.350 e. The lowest BCUT2D eigenvalue weighted by Crippen LogP contribution is -2.33. The third-order valence-electron chi connectivity index (χ3n) is 3.44. The Hall–Kier alpha value is -2.82. The van der Waals surface area contributed by atoms with Crippen molar-refractivity contribution in [3.8, 4) is 0 Å². The Morgan fingerprint density at radius 3 is 2.30 bits per heavy atom. The molecule has 2 aromatic carbocycles. The number of hydrogen-bond donors (Lipinski definition) is 3. The second kappa shape index (κ2) is 7.98. The summed E-state index contributed by atoms with van der Waals surface area (Å²) in [4.78, 5) is 24.4. The van der Waals surface area contributed by atoms with Crippen LogP contribution in [0.5, 0.6) is 0 Å². The maximum absolute atomic E-state index is 12.3. The second-order valence-corrected chi connectivity index (χ2v) is 5.27. The van der Waals surface area contributed by atoms with Gasteiger partial charge in [0.15, 0.2) is 0 Å². The van der Waals surface area contributed by atoms with Crippen molar-refractivity contribution in [1.82, 2.24) is 5.32 Å². The van der Waals surface area contributed by atoms with Crippen LogP contribution < -0.4 is 16.0 Å². The Kier molecular flexibility index (Phi) is 5.74. The number of para-hydroxylation sites is 2. The fraction of sp³-hybridized carbons (Fsp3) is 0.222. The van der Waals surface area contributed by atoms with Crippen molar-refractivity contribution >= 4 is 23.3 Å². The van der Waals surface area contributed by atoms with E-state index in [1.165, 1.54) is 0 Å². The first-order valence-electron chi connectivity index (χ1n) is 7.63. The van der Waals surface area contributed by atoms with E-state index in [2.05, 4.69) is 16.0 Å². The van der Waals surface area contributed by atoms with Gasteiger partial charge in [-0.05, 0) is 37.6 Å². The van der Waals surface area contributed by atoms with Crippen LogP contribution in [0.4, 0.5) is 16.2 Å². The average molecular weight is 311 g/mol. The summed E-state index contributed by atoms with van der Waals surface area (Å²) in [6.45, 7) is 3.94. The number of urea groups is 1. The number of amides is 3. The summed E-state index contributed by atoms with van der Waals surface area (Å²) in [5.74, 6) is -0.199. The number of nitrogens with one attached hydrogen (secondary N) is 3. The molecular formula is C18H21N3O2. The minimum atomic E-state index is -0.389. The highest BCUT2D eigenvalue weighted by molar-refractivity contribution is 6.06. The third-order valence-corrected chi connectivity index (χ3v) is 3.44. The third kappa shape index (κ3) is 4.85. The molecule has 0 spiro atoms. The SMILES string of the molecule is CC[C@H](C)NC(=O)c1ccccc1NC(=O)Nc1ccccc1. The van der Waals surface area contributed by atoms with E-state index in [0.29, 0.717) is 16.9 Å². The average Bonchev–Trinajstić information content (AvgIpc) is 2.56. The number of carbonyl (C=O) groups is 2. The molecule has 5 heteroatoms. The zero-order chi connectivity index (χ0) is 16.7. The molecule has 0 bridgehead atoms. The molecule has 0 aliphatic carbocycles. The summed E-state index contributed by atoms with van der Waals surface area (Å²) in [6, 6.07) is 15.8. The smallest absolute Gasteiger partial charge is 0.323 e. The minimum absolute atomic E-state index is 0.0775. The summed E-state index contributed by atoms with van der Waals surface area (Å²) in [5.41, 5.74) is 1.60. The summed E-state index contributed by atoms with van der Waals surface area (Å²) < 4.78 is 0. The molecule has 0 aromatic heterocycles. The van der Waals surface area contributed by atoms with Crippen LogP contribution in [0.15, 0.2) is 54.6 Å². The van der Waals surface area contributed by atoms with Gasteiger partial charge in [0.2, 0.25) is 0 Å². The highest BCUT2D eigenvalue weighted by atomic mass is 16.2. The summed E-state index contributed by atoms with van der Waals surface area (Å²) in [5, 5.41) is 8.35. The maximum atomic E-state index is 12.3. The van der Waals surface area contributed by atoms with Crippen molar-refractivity contribution in [3.63, 3.8) is 0 Å². The highest BCUT2D eigenvalue weighted by Gasteiger charge is 2.14. The predicted octanol–water partition coefficient (Wildman–Crippen LogP) is 3.86. The van der Waals surface area contributed by atoms with Gasteiger partial charge in [-0.25, -0.2) is 4.79 Å². The first-order chi connectivity index (χ1) is 11.1. The Labute approximate surface area is 136 Å². The van der Waals surface area contributed by atoms with Gasteiger partial charge in [-0.2, -0.15) is 0 Å². The summed E-state index contributed by atoms with van der Waals surface area (Å²) in [7, 11) is 0. The topological polar surface area (TPSA) is 70.2 Å². The van der Waals surface area contributed by atoms with Gasteiger partial charge in [0, 0.05) is 11.7 Å². The number of hydrogen-bond acceptors (Lipinski definition) is 2. The number of anilines is 2. The lowest BCUT2D eigenvalue weighted by atomic mass is 10.1. The van der Waals surface area contributed by atoms with Crippen LogP contribution in [0.3, 0.4) is 0 Å². The lowest BCUT2D eigenvalue weighted by Gasteiger charge is -2.15. The van der Waals surface area contributed by atoms with E-state index in [4.69, 9.17) is 0 Å². The predicted molar refractivity (Wildman–Crippen MR) is 92.7 cm³/mol. The van der Waals surface area contributed by atoms with Gasteiger partial charge in [-0.3, -0.25) is 4.79 Å². The molecule has 2 aromatic rings. The number of rotatable bonds is 5. The van der Waals surface area contributed by atoms with Crippen LogP contribution in [0, 0.1) is 0 Å². The normalized spacial score (nSPS) is 11.4. The molecule has 0 fully saturated rings. The molecule has 120 valence electrons. The van der Waals surface area contributed by atoms with Crippen LogP contribution in [0.2, 0.25) is 0 Å². The van der Waals surface area contributed by atoms with E-state index in [1.54, 1.807) is 36.4 Å². The monoisotopic (exact) mass is 311 g/mol. The fourth-order valence-corrected chi connectivity index (χ4v) is 2.00. The summed E-state index contributed by atoms with van der Waals surface area (Å²) in [6.07, 6.45) is 0.843. The van der Waals surface area contributed by atoms with Crippen molar-refractivity contribution in [1.29, 1.82) is 0 Å². The quantitative estimate of drug-likeness (QED) is 0.784. The molecule has 0 saturated carbocycles. The van der Waals surface area contributed by atoms with E-state index in [-0.39, 0.29) is 18.0 Å². The van der Waals surface area contributed by atoms with Crippen LogP contribution in [0.25, 0.3) is 0 Å². The molecule has 5 nitrogen and oxygen atoms in total. The molecule has 2 rings (SSSR count). The zero-order valence-electron chi connectivity index (χ0n) is 13.3. The maximum Gasteiger partial charge on any atom is 0.323 e. The molecule has 0 aliphatic heterocycles. The van der Waals surface area contributed by atoms with Crippen molar-refractivity contribution in [2.75, 3.05) is 10.6 Å². The molecule has 0 unspecified atom stereocenters.